The van der Waals surface area contributed by atoms with Crippen LogP contribution in [0.25, 0.3) is 10.8 Å². The third-order valence-corrected chi connectivity index (χ3v) is 4.34. The highest BCUT2D eigenvalue weighted by Crippen LogP contribution is 2.30. The van der Waals surface area contributed by atoms with Crippen molar-refractivity contribution in [3.63, 3.8) is 0 Å². The summed E-state index contributed by atoms with van der Waals surface area (Å²) in [5.74, 6) is -0.0897. The van der Waals surface area contributed by atoms with Crippen molar-refractivity contribution in [2.75, 3.05) is 13.2 Å². The van der Waals surface area contributed by atoms with Gasteiger partial charge in [-0.05, 0) is 42.6 Å². The third-order valence-electron chi connectivity index (χ3n) is 4.34. The number of ketones is 1. The van der Waals surface area contributed by atoms with Crippen molar-refractivity contribution >= 4 is 22.5 Å². The first-order valence-corrected chi connectivity index (χ1v) is 8.92. The van der Waals surface area contributed by atoms with E-state index in [1.807, 2.05) is 24.3 Å². The fourth-order valence-electron chi connectivity index (χ4n) is 2.98. The van der Waals surface area contributed by atoms with Gasteiger partial charge in [0.2, 0.25) is 0 Å². The SMILES string of the molecule is CCOC(=O)COc1ccc(C(=O)c2ccc(O)c(CN)c2)c2ccccc12. The third kappa shape index (κ3) is 3.97. The molecule has 3 rings (SSSR count). The number of nitrogens with two attached hydrogens (primary N) is 1. The molecule has 28 heavy (non-hydrogen) atoms. The van der Waals surface area contributed by atoms with Gasteiger partial charge in [-0.3, -0.25) is 4.79 Å². The quantitative estimate of drug-likeness (QED) is 0.483. The maximum absolute atomic E-state index is 13.1. The second-order valence-electron chi connectivity index (χ2n) is 6.13. The minimum absolute atomic E-state index is 0.0617. The average molecular weight is 379 g/mol. The number of benzene rings is 3. The minimum Gasteiger partial charge on any atom is -0.508 e. The number of hydrogen-bond donors (Lipinski definition) is 2. The Bertz CT molecular complexity index is 1030. The van der Waals surface area contributed by atoms with Gasteiger partial charge in [0.1, 0.15) is 11.5 Å². The summed E-state index contributed by atoms with van der Waals surface area (Å²) in [7, 11) is 0. The molecule has 0 aliphatic carbocycles. The Morgan fingerprint density at radius 1 is 1.04 bits per heavy atom. The van der Waals surface area contributed by atoms with Crippen LogP contribution in [0.3, 0.4) is 0 Å². The molecular weight excluding hydrogens is 358 g/mol. The lowest BCUT2D eigenvalue weighted by atomic mass is 9.95. The largest absolute Gasteiger partial charge is 0.508 e. The average Bonchev–Trinajstić information content (AvgIpc) is 2.72. The number of rotatable bonds is 7. The number of hydrogen-bond acceptors (Lipinski definition) is 6. The Balaban J connectivity index is 1.98. The van der Waals surface area contributed by atoms with E-state index >= 15 is 0 Å². The van der Waals surface area contributed by atoms with Gasteiger partial charge in [-0.15, -0.1) is 0 Å². The zero-order valence-corrected chi connectivity index (χ0v) is 15.5. The lowest BCUT2D eigenvalue weighted by molar-refractivity contribution is -0.145. The van der Waals surface area contributed by atoms with Gasteiger partial charge in [0.25, 0.3) is 0 Å². The van der Waals surface area contributed by atoms with E-state index in [-0.39, 0.29) is 31.3 Å². The van der Waals surface area contributed by atoms with Crippen molar-refractivity contribution in [1.82, 2.24) is 0 Å². The summed E-state index contributed by atoms with van der Waals surface area (Å²) in [4.78, 5) is 24.6. The van der Waals surface area contributed by atoms with Gasteiger partial charge >= 0.3 is 5.97 Å². The summed E-state index contributed by atoms with van der Waals surface area (Å²) >= 11 is 0. The molecule has 0 aromatic heterocycles. The standard InChI is InChI=1S/C22H21NO5/c1-2-27-21(25)13-28-20-10-8-18(16-5-3-4-6-17(16)20)22(26)14-7-9-19(24)15(11-14)12-23/h3-11,24H,2,12-13,23H2,1H3. The molecule has 0 bridgehead atoms. The summed E-state index contributed by atoms with van der Waals surface area (Å²) in [6.45, 7) is 1.94. The Kier molecular flexibility index (Phi) is 5.91. The molecule has 0 amide bonds. The zero-order valence-electron chi connectivity index (χ0n) is 15.5. The highest BCUT2D eigenvalue weighted by atomic mass is 16.6. The van der Waals surface area contributed by atoms with E-state index in [4.69, 9.17) is 15.2 Å². The van der Waals surface area contributed by atoms with Crippen molar-refractivity contribution in [3.8, 4) is 11.5 Å². The molecule has 144 valence electrons. The van der Waals surface area contributed by atoms with E-state index in [2.05, 4.69) is 0 Å². The number of phenolic OH excluding ortho intramolecular Hbond substituents is 1. The first-order chi connectivity index (χ1) is 13.5. The van der Waals surface area contributed by atoms with Gasteiger partial charge in [0, 0.05) is 28.6 Å². The monoisotopic (exact) mass is 379 g/mol. The van der Waals surface area contributed by atoms with Crippen molar-refractivity contribution in [1.29, 1.82) is 0 Å². The van der Waals surface area contributed by atoms with E-state index < -0.39 is 5.97 Å². The summed E-state index contributed by atoms with van der Waals surface area (Å²) < 4.78 is 10.5. The normalized spacial score (nSPS) is 10.6. The second kappa shape index (κ2) is 8.54. The van der Waals surface area contributed by atoms with Crippen LogP contribution in [0, 0.1) is 0 Å². The smallest absolute Gasteiger partial charge is 0.344 e. The molecule has 6 nitrogen and oxygen atoms in total. The predicted molar refractivity (Wildman–Crippen MR) is 106 cm³/mol. The molecule has 0 aliphatic heterocycles. The van der Waals surface area contributed by atoms with E-state index in [1.54, 1.807) is 31.2 Å². The van der Waals surface area contributed by atoms with Gasteiger partial charge in [0.15, 0.2) is 12.4 Å². The van der Waals surface area contributed by atoms with E-state index in [0.717, 1.165) is 5.39 Å². The van der Waals surface area contributed by atoms with Gasteiger partial charge in [-0.25, -0.2) is 4.79 Å². The van der Waals surface area contributed by atoms with Gasteiger partial charge in [-0.2, -0.15) is 0 Å². The Hall–Kier alpha value is -3.38. The number of esters is 1. The Morgan fingerprint density at radius 2 is 1.79 bits per heavy atom. The topological polar surface area (TPSA) is 98.8 Å². The number of carbonyl (C=O) groups excluding carboxylic acids is 2. The first-order valence-electron chi connectivity index (χ1n) is 8.92. The van der Waals surface area contributed by atoms with Gasteiger partial charge in [0.05, 0.1) is 6.61 Å². The Morgan fingerprint density at radius 3 is 2.50 bits per heavy atom. The molecule has 0 aliphatic rings. The maximum atomic E-state index is 13.1. The fourth-order valence-corrected chi connectivity index (χ4v) is 2.98. The number of carbonyl (C=O) groups is 2. The summed E-state index contributed by atoms with van der Waals surface area (Å²) in [5, 5.41) is 11.2. The van der Waals surface area contributed by atoms with Crippen LogP contribution in [0.4, 0.5) is 0 Å². The van der Waals surface area contributed by atoms with Crippen LogP contribution in [0.2, 0.25) is 0 Å². The molecule has 0 fully saturated rings. The first kappa shape index (κ1) is 19.4. The summed E-state index contributed by atoms with van der Waals surface area (Å²) in [5.41, 5.74) is 7.05. The highest BCUT2D eigenvalue weighted by molar-refractivity contribution is 6.17. The van der Waals surface area contributed by atoms with Crippen molar-refractivity contribution in [2.45, 2.75) is 13.5 Å². The van der Waals surface area contributed by atoms with Crippen LogP contribution in [0.1, 0.15) is 28.4 Å². The maximum Gasteiger partial charge on any atom is 0.344 e. The molecule has 0 spiro atoms. The van der Waals surface area contributed by atoms with Crippen LogP contribution >= 0.6 is 0 Å². The van der Waals surface area contributed by atoms with E-state index in [0.29, 0.717) is 27.8 Å². The van der Waals surface area contributed by atoms with Crippen LogP contribution in [-0.4, -0.2) is 30.1 Å². The molecule has 0 saturated carbocycles. The second-order valence-corrected chi connectivity index (χ2v) is 6.13. The molecule has 0 saturated heterocycles. The summed E-state index contributed by atoms with van der Waals surface area (Å²) in [6.07, 6.45) is 0. The molecule has 0 atom stereocenters. The van der Waals surface area contributed by atoms with Crippen LogP contribution in [0.5, 0.6) is 11.5 Å². The zero-order chi connectivity index (χ0) is 20.1. The van der Waals surface area contributed by atoms with Crippen LogP contribution in [-0.2, 0) is 16.1 Å². The predicted octanol–water partition coefficient (Wildman–Crippen LogP) is 3.18. The van der Waals surface area contributed by atoms with Crippen molar-refractivity contribution in [3.05, 3.63) is 71.3 Å². The van der Waals surface area contributed by atoms with Gasteiger partial charge in [-0.1, -0.05) is 24.3 Å². The molecule has 0 unspecified atom stereocenters. The molecule has 0 heterocycles. The number of aromatic hydroxyl groups is 1. The van der Waals surface area contributed by atoms with E-state index in [1.165, 1.54) is 6.07 Å². The molecular formula is C22H21NO5. The molecule has 3 aromatic rings. The molecule has 6 heteroatoms. The van der Waals surface area contributed by atoms with Crippen LogP contribution < -0.4 is 10.5 Å². The number of ether oxygens (including phenoxy) is 2. The molecule has 3 aromatic carbocycles. The number of phenols is 1. The molecule has 0 radical (unpaired) electrons. The molecule has 3 N–H and O–H groups in total. The van der Waals surface area contributed by atoms with Gasteiger partial charge < -0.3 is 20.3 Å². The van der Waals surface area contributed by atoms with Crippen LogP contribution in [0.15, 0.2) is 54.6 Å². The Labute approximate surface area is 162 Å². The van der Waals surface area contributed by atoms with E-state index in [9.17, 15) is 14.7 Å². The lowest BCUT2D eigenvalue weighted by Crippen LogP contribution is -2.14. The minimum atomic E-state index is -0.454. The summed E-state index contributed by atoms with van der Waals surface area (Å²) in [6, 6.07) is 15.3. The van der Waals surface area contributed by atoms with Crippen molar-refractivity contribution in [2.24, 2.45) is 5.73 Å². The fraction of sp³-hybridized carbons (Fsp3) is 0.182. The lowest BCUT2D eigenvalue weighted by Gasteiger charge is -2.12. The van der Waals surface area contributed by atoms with Crippen molar-refractivity contribution < 1.29 is 24.2 Å². The number of fused-ring (bicyclic) bond motifs is 1. The highest BCUT2D eigenvalue weighted by Gasteiger charge is 2.16.